The summed E-state index contributed by atoms with van der Waals surface area (Å²) >= 11 is 0. The van der Waals surface area contributed by atoms with Gasteiger partial charge in [0.2, 0.25) is 5.60 Å². The quantitative estimate of drug-likeness (QED) is 0.522. The largest absolute Gasteiger partial charge is 0.382 e. The van der Waals surface area contributed by atoms with Gasteiger partial charge in [-0.2, -0.15) is 0 Å². The van der Waals surface area contributed by atoms with Crippen LogP contribution in [0.3, 0.4) is 0 Å². The molecule has 1 aliphatic rings. The monoisotopic (exact) mass is 332 g/mol. The van der Waals surface area contributed by atoms with E-state index >= 15 is 0 Å². The summed E-state index contributed by atoms with van der Waals surface area (Å²) in [5.74, 6) is -2.50. The van der Waals surface area contributed by atoms with Crippen LogP contribution in [-0.2, 0) is 23.9 Å². The lowest BCUT2D eigenvalue weighted by Crippen LogP contribution is -2.69. The third kappa shape index (κ3) is 2.74. The third-order valence-electron chi connectivity index (χ3n) is 4.28. The first-order valence-corrected chi connectivity index (χ1v) is 7.56. The molecule has 0 spiro atoms. The molecule has 8 heteroatoms. The number of aliphatic hydroxyl groups excluding tert-OH is 1. The zero-order valence-corrected chi connectivity index (χ0v) is 13.7. The molecule has 2 unspecified atom stereocenters. The van der Waals surface area contributed by atoms with E-state index in [9.17, 15) is 29.7 Å². The molecule has 0 aromatic rings. The van der Waals surface area contributed by atoms with Crippen molar-refractivity contribution in [2.24, 2.45) is 0 Å². The first-order valence-electron chi connectivity index (χ1n) is 7.56. The van der Waals surface area contributed by atoms with Crippen LogP contribution in [0.4, 0.5) is 0 Å². The van der Waals surface area contributed by atoms with Gasteiger partial charge in [-0.3, -0.25) is 14.4 Å². The Labute approximate surface area is 134 Å². The van der Waals surface area contributed by atoms with Crippen LogP contribution in [0.5, 0.6) is 0 Å². The number of carbonyl (C=O) groups is 3. The lowest BCUT2D eigenvalue weighted by atomic mass is 9.71. The van der Waals surface area contributed by atoms with Crippen LogP contribution >= 0.6 is 0 Å². The fourth-order valence-corrected chi connectivity index (χ4v) is 2.89. The van der Waals surface area contributed by atoms with Gasteiger partial charge in [0.15, 0.2) is 29.2 Å². The van der Waals surface area contributed by atoms with Gasteiger partial charge in [-0.1, -0.05) is 20.8 Å². The van der Waals surface area contributed by atoms with E-state index in [0.29, 0.717) is 0 Å². The SMILES string of the molecule is CCC(=O)C(O)[C@@H]1OC(OC)[C@@](O)(C(=O)CC)[C@@]1(O)C(=O)CC. The summed E-state index contributed by atoms with van der Waals surface area (Å²) in [5, 5.41) is 31.9. The topological polar surface area (TPSA) is 130 Å². The second-order valence-electron chi connectivity index (χ2n) is 5.48. The van der Waals surface area contributed by atoms with E-state index in [1.807, 2.05) is 0 Å². The third-order valence-corrected chi connectivity index (χ3v) is 4.28. The van der Waals surface area contributed by atoms with Gasteiger partial charge in [-0.15, -0.1) is 0 Å². The lowest BCUT2D eigenvalue weighted by molar-refractivity contribution is -0.207. The molecule has 3 N–H and O–H groups in total. The Morgan fingerprint density at radius 3 is 1.91 bits per heavy atom. The second-order valence-corrected chi connectivity index (χ2v) is 5.48. The predicted octanol–water partition coefficient (Wildman–Crippen LogP) is -0.882. The van der Waals surface area contributed by atoms with E-state index in [1.165, 1.54) is 20.8 Å². The summed E-state index contributed by atoms with van der Waals surface area (Å²) in [4.78, 5) is 36.4. The molecule has 0 saturated carbocycles. The minimum Gasteiger partial charge on any atom is -0.382 e. The first-order chi connectivity index (χ1) is 10.7. The zero-order valence-electron chi connectivity index (χ0n) is 13.7. The molecule has 0 aliphatic carbocycles. The molecule has 8 nitrogen and oxygen atoms in total. The Hall–Kier alpha value is -1.19. The molecule has 1 heterocycles. The number of hydrogen-bond donors (Lipinski definition) is 3. The summed E-state index contributed by atoms with van der Waals surface area (Å²) in [7, 11) is 1.12. The fourth-order valence-electron chi connectivity index (χ4n) is 2.89. The van der Waals surface area contributed by atoms with Crippen molar-refractivity contribution in [3.05, 3.63) is 0 Å². The molecule has 5 atom stereocenters. The highest BCUT2D eigenvalue weighted by Gasteiger charge is 2.74. The van der Waals surface area contributed by atoms with Crippen molar-refractivity contribution in [1.29, 1.82) is 0 Å². The number of hydrogen-bond acceptors (Lipinski definition) is 8. The van der Waals surface area contributed by atoms with Crippen LogP contribution in [0.1, 0.15) is 40.0 Å². The highest BCUT2D eigenvalue weighted by Crippen LogP contribution is 2.44. The van der Waals surface area contributed by atoms with E-state index in [4.69, 9.17) is 9.47 Å². The second kappa shape index (κ2) is 7.14. The first kappa shape index (κ1) is 19.9. The van der Waals surface area contributed by atoms with Gasteiger partial charge in [0.05, 0.1) is 0 Å². The van der Waals surface area contributed by atoms with Gasteiger partial charge in [0.25, 0.3) is 0 Å². The number of Topliss-reactive ketones (excluding diaryl/α,β-unsaturated/α-hetero) is 3. The van der Waals surface area contributed by atoms with Crippen LogP contribution in [0.15, 0.2) is 0 Å². The van der Waals surface area contributed by atoms with Crippen molar-refractivity contribution in [2.75, 3.05) is 7.11 Å². The maximum absolute atomic E-state index is 12.3. The molecular weight excluding hydrogens is 308 g/mol. The van der Waals surface area contributed by atoms with E-state index < -0.39 is 47.0 Å². The summed E-state index contributed by atoms with van der Waals surface area (Å²) < 4.78 is 10.1. The molecule has 23 heavy (non-hydrogen) atoms. The van der Waals surface area contributed by atoms with E-state index in [-0.39, 0.29) is 19.3 Å². The maximum Gasteiger partial charge on any atom is 0.212 e. The molecular formula is C15H24O8. The standard InChI is InChI=1S/C15H24O8/c1-5-8(16)11(19)12-14(20,9(17)6-2)15(21,10(18)7-3)13(22-4)23-12/h11-13,19-21H,5-7H2,1-4H3/t11?,12-,13?,14+,15-/m0/s1. The van der Waals surface area contributed by atoms with Crippen LogP contribution in [0.25, 0.3) is 0 Å². The fraction of sp³-hybridized carbons (Fsp3) is 0.800. The Balaban J connectivity index is 3.52. The maximum atomic E-state index is 12.3. The van der Waals surface area contributed by atoms with Crippen LogP contribution in [0.2, 0.25) is 0 Å². The van der Waals surface area contributed by atoms with Crippen molar-refractivity contribution in [3.63, 3.8) is 0 Å². The van der Waals surface area contributed by atoms with E-state index in [1.54, 1.807) is 0 Å². The van der Waals surface area contributed by atoms with E-state index in [0.717, 1.165) is 7.11 Å². The van der Waals surface area contributed by atoms with Gasteiger partial charge >= 0.3 is 0 Å². The van der Waals surface area contributed by atoms with Gasteiger partial charge in [-0.25, -0.2) is 0 Å². The Kier molecular flexibility index (Phi) is 6.17. The van der Waals surface area contributed by atoms with Crippen molar-refractivity contribution in [3.8, 4) is 0 Å². The Morgan fingerprint density at radius 2 is 1.52 bits per heavy atom. The average molecular weight is 332 g/mol. The van der Waals surface area contributed by atoms with Crippen LogP contribution in [0, 0.1) is 0 Å². The molecule has 0 amide bonds. The van der Waals surface area contributed by atoms with Crippen LogP contribution in [-0.4, -0.2) is 69.5 Å². The average Bonchev–Trinajstić information content (AvgIpc) is 2.81. The highest BCUT2D eigenvalue weighted by atomic mass is 16.7. The van der Waals surface area contributed by atoms with Gasteiger partial charge in [0.1, 0.15) is 12.2 Å². The van der Waals surface area contributed by atoms with Crippen molar-refractivity contribution < 1.29 is 39.2 Å². The van der Waals surface area contributed by atoms with E-state index in [2.05, 4.69) is 0 Å². The molecule has 1 aliphatic heterocycles. The number of methoxy groups -OCH3 is 1. The summed E-state index contributed by atoms with van der Waals surface area (Å²) in [6.45, 7) is 4.34. The Morgan fingerprint density at radius 1 is 1.04 bits per heavy atom. The van der Waals surface area contributed by atoms with Crippen LogP contribution < -0.4 is 0 Å². The normalized spacial score (nSPS) is 35.1. The molecule has 132 valence electrons. The van der Waals surface area contributed by atoms with Gasteiger partial charge < -0.3 is 24.8 Å². The predicted molar refractivity (Wildman–Crippen MR) is 77.5 cm³/mol. The molecule has 1 saturated heterocycles. The number of carbonyl (C=O) groups excluding carboxylic acids is 3. The number of aliphatic hydroxyl groups is 3. The molecule has 0 aromatic carbocycles. The number of ether oxygens (including phenoxy) is 2. The summed E-state index contributed by atoms with van der Waals surface area (Å²) in [6, 6.07) is 0. The summed E-state index contributed by atoms with van der Waals surface area (Å²) in [5.41, 5.74) is -5.48. The van der Waals surface area contributed by atoms with Crippen molar-refractivity contribution in [1.82, 2.24) is 0 Å². The minimum atomic E-state index is -2.78. The molecule has 0 radical (unpaired) electrons. The van der Waals surface area contributed by atoms with Crippen molar-refractivity contribution in [2.45, 2.75) is 69.7 Å². The number of ketones is 3. The molecule has 1 fully saturated rings. The number of rotatable bonds is 8. The van der Waals surface area contributed by atoms with Gasteiger partial charge in [-0.05, 0) is 0 Å². The smallest absolute Gasteiger partial charge is 0.212 e. The molecule has 0 aromatic heterocycles. The van der Waals surface area contributed by atoms with Gasteiger partial charge in [0, 0.05) is 26.4 Å². The Bertz CT molecular complexity index is 490. The minimum absolute atomic E-state index is 0.0742. The summed E-state index contributed by atoms with van der Waals surface area (Å²) in [6.07, 6.45) is -5.87. The molecule has 1 rings (SSSR count). The molecule has 0 bridgehead atoms. The lowest BCUT2D eigenvalue weighted by Gasteiger charge is -2.38. The zero-order chi connectivity index (χ0) is 18.0. The van der Waals surface area contributed by atoms with Crippen molar-refractivity contribution >= 4 is 17.3 Å². The highest BCUT2D eigenvalue weighted by molar-refractivity contribution is 6.01.